The number of benzene rings is 6. The molecule has 6 aromatic carbocycles. The summed E-state index contributed by atoms with van der Waals surface area (Å²) in [6, 6.07) is 57.1. The Kier molecular flexibility index (Phi) is 6.10. The van der Waals surface area contributed by atoms with Crippen LogP contribution in [0.1, 0.15) is 16.7 Å². The van der Waals surface area contributed by atoms with E-state index in [1.54, 1.807) is 0 Å². The molecule has 1 aliphatic rings. The molecule has 3 heteroatoms. The number of hydrogen-bond acceptors (Lipinski definition) is 2. The SMILES string of the molecule is c1ccc([Si](c2ccccc2)C2c3ccccc3-c3ccc4oc(-c5cccc6ccc(-c7ccccn7)cc56)cc4c32)cc1. The van der Waals surface area contributed by atoms with Crippen molar-refractivity contribution >= 4 is 40.9 Å². The minimum atomic E-state index is -1.27. The lowest BCUT2D eigenvalue weighted by Crippen LogP contribution is -2.47. The summed E-state index contributed by atoms with van der Waals surface area (Å²) in [4.78, 5) is 4.61. The Balaban J connectivity index is 1.27. The molecule has 211 valence electrons. The van der Waals surface area contributed by atoms with Gasteiger partial charge in [-0.05, 0) is 63.4 Å². The van der Waals surface area contributed by atoms with Gasteiger partial charge < -0.3 is 4.42 Å². The highest BCUT2D eigenvalue weighted by molar-refractivity contribution is 6.87. The third kappa shape index (κ3) is 4.27. The van der Waals surface area contributed by atoms with Crippen LogP contribution in [0.15, 0.2) is 168 Å². The van der Waals surface area contributed by atoms with Crippen LogP contribution < -0.4 is 10.4 Å². The van der Waals surface area contributed by atoms with Gasteiger partial charge in [-0.2, -0.15) is 0 Å². The van der Waals surface area contributed by atoms with Gasteiger partial charge in [0, 0.05) is 28.3 Å². The zero-order chi connectivity index (χ0) is 29.7. The minimum absolute atomic E-state index is 0.239. The molecule has 1 radical (unpaired) electrons. The monoisotopic (exact) mass is 590 g/mol. The first kappa shape index (κ1) is 25.9. The molecule has 0 N–H and O–H groups in total. The van der Waals surface area contributed by atoms with Gasteiger partial charge in [0.25, 0.3) is 0 Å². The van der Waals surface area contributed by atoms with Crippen LogP contribution >= 0.6 is 0 Å². The largest absolute Gasteiger partial charge is 0.456 e. The molecule has 9 rings (SSSR count). The molecule has 8 aromatic rings. The second kappa shape index (κ2) is 10.6. The van der Waals surface area contributed by atoms with Crippen molar-refractivity contribution in [3.63, 3.8) is 0 Å². The van der Waals surface area contributed by atoms with Crippen LogP contribution in [0.2, 0.25) is 0 Å². The van der Waals surface area contributed by atoms with Crippen LogP contribution in [-0.2, 0) is 0 Å². The van der Waals surface area contributed by atoms with Crippen molar-refractivity contribution in [2.24, 2.45) is 0 Å². The zero-order valence-corrected chi connectivity index (χ0v) is 25.5. The summed E-state index contributed by atoms with van der Waals surface area (Å²) < 4.78 is 6.77. The molecule has 0 spiro atoms. The lowest BCUT2D eigenvalue weighted by molar-refractivity contribution is 0.632. The number of hydrogen-bond donors (Lipinski definition) is 0. The molecule has 0 aliphatic heterocycles. The molecule has 0 amide bonds. The van der Waals surface area contributed by atoms with Crippen molar-refractivity contribution in [1.82, 2.24) is 4.98 Å². The van der Waals surface area contributed by atoms with Crippen LogP contribution in [-0.4, -0.2) is 13.8 Å². The van der Waals surface area contributed by atoms with Crippen molar-refractivity contribution in [3.8, 4) is 33.7 Å². The first-order chi connectivity index (χ1) is 22.3. The van der Waals surface area contributed by atoms with E-state index in [1.165, 1.54) is 43.4 Å². The average molecular weight is 591 g/mol. The fourth-order valence-electron chi connectivity index (χ4n) is 7.18. The molecule has 0 fully saturated rings. The second-order valence-electron chi connectivity index (χ2n) is 11.7. The van der Waals surface area contributed by atoms with E-state index in [-0.39, 0.29) is 5.54 Å². The van der Waals surface area contributed by atoms with E-state index in [2.05, 4.69) is 151 Å². The summed E-state index contributed by atoms with van der Waals surface area (Å²) in [7, 11) is -1.27. The van der Waals surface area contributed by atoms with Crippen molar-refractivity contribution in [2.75, 3.05) is 0 Å². The molecule has 45 heavy (non-hydrogen) atoms. The van der Waals surface area contributed by atoms with Crippen molar-refractivity contribution < 1.29 is 4.42 Å². The molecule has 0 saturated carbocycles. The lowest BCUT2D eigenvalue weighted by atomic mass is 9.98. The van der Waals surface area contributed by atoms with E-state index in [4.69, 9.17) is 4.42 Å². The molecule has 2 aromatic heterocycles. The van der Waals surface area contributed by atoms with Gasteiger partial charge >= 0.3 is 0 Å². The summed E-state index contributed by atoms with van der Waals surface area (Å²) in [5, 5.41) is 6.38. The van der Waals surface area contributed by atoms with Crippen LogP contribution in [0.5, 0.6) is 0 Å². The second-order valence-corrected chi connectivity index (χ2v) is 14.2. The first-order valence-electron chi connectivity index (χ1n) is 15.4. The van der Waals surface area contributed by atoms with Crippen LogP contribution in [0.25, 0.3) is 55.4 Å². The number of aromatic nitrogens is 1. The van der Waals surface area contributed by atoms with Gasteiger partial charge in [0.15, 0.2) is 0 Å². The quantitative estimate of drug-likeness (QED) is 0.187. The molecular weight excluding hydrogens is 563 g/mol. The molecule has 2 heterocycles. The highest BCUT2D eigenvalue weighted by Gasteiger charge is 2.39. The summed E-state index contributed by atoms with van der Waals surface area (Å²) in [5.41, 5.74) is 9.79. The normalized spacial score (nSPS) is 13.8. The molecule has 0 saturated heterocycles. The topological polar surface area (TPSA) is 26.0 Å². The molecule has 1 aliphatic carbocycles. The number of rotatable bonds is 5. The number of furan rings is 1. The Morgan fingerprint density at radius 3 is 2.04 bits per heavy atom. The predicted octanol–water partition coefficient (Wildman–Crippen LogP) is 9.28. The summed E-state index contributed by atoms with van der Waals surface area (Å²) in [5.74, 6) is 0.894. The third-order valence-electron chi connectivity index (χ3n) is 9.16. The maximum atomic E-state index is 6.77. The maximum Gasteiger partial charge on any atom is 0.136 e. The van der Waals surface area contributed by atoms with Crippen LogP contribution in [0.3, 0.4) is 0 Å². The minimum Gasteiger partial charge on any atom is -0.456 e. The molecule has 1 atom stereocenters. The first-order valence-corrected chi connectivity index (χ1v) is 17.0. The van der Waals surface area contributed by atoms with Gasteiger partial charge in [0.2, 0.25) is 0 Å². The van der Waals surface area contributed by atoms with Gasteiger partial charge in [-0.3, -0.25) is 4.98 Å². The Hall–Kier alpha value is -5.51. The predicted molar refractivity (Wildman–Crippen MR) is 188 cm³/mol. The summed E-state index contributed by atoms with van der Waals surface area (Å²) in [6.45, 7) is 0. The number of fused-ring (bicyclic) bond motifs is 6. The molecular formula is C42H28NOSi. The Morgan fingerprint density at radius 2 is 1.27 bits per heavy atom. The fourth-order valence-corrected chi connectivity index (χ4v) is 10.4. The average Bonchev–Trinajstić information content (AvgIpc) is 3.69. The smallest absolute Gasteiger partial charge is 0.136 e. The van der Waals surface area contributed by atoms with Crippen molar-refractivity contribution in [2.45, 2.75) is 5.54 Å². The van der Waals surface area contributed by atoms with E-state index in [0.717, 1.165) is 33.6 Å². The summed E-state index contributed by atoms with van der Waals surface area (Å²) in [6.07, 6.45) is 1.85. The maximum absolute atomic E-state index is 6.77. The standard InChI is InChI=1S/C42H28NOSi/c1-3-13-30(14-4-1)45(31-15-5-2-6-16-31)42-35-18-8-7-17-32(35)34-23-24-39-37(41(34)42)27-40(44-39)33-19-11-12-28-21-22-29(26-36(28)33)38-20-9-10-25-43-38/h1-27,42H. The van der Waals surface area contributed by atoms with Crippen LogP contribution in [0.4, 0.5) is 0 Å². The highest BCUT2D eigenvalue weighted by Crippen LogP contribution is 2.50. The van der Waals surface area contributed by atoms with E-state index in [1.807, 2.05) is 18.3 Å². The number of pyridine rings is 1. The van der Waals surface area contributed by atoms with Crippen molar-refractivity contribution in [1.29, 1.82) is 0 Å². The number of nitrogens with zero attached hydrogens (tertiary/aromatic N) is 1. The van der Waals surface area contributed by atoms with E-state index in [0.29, 0.717) is 0 Å². The van der Waals surface area contributed by atoms with Gasteiger partial charge in [-0.15, -0.1) is 0 Å². The molecule has 2 nitrogen and oxygen atoms in total. The van der Waals surface area contributed by atoms with Crippen molar-refractivity contribution in [3.05, 3.63) is 175 Å². The van der Waals surface area contributed by atoms with E-state index < -0.39 is 8.80 Å². The Morgan fingerprint density at radius 1 is 0.533 bits per heavy atom. The summed E-state index contributed by atoms with van der Waals surface area (Å²) >= 11 is 0. The zero-order valence-electron chi connectivity index (χ0n) is 24.5. The Bertz CT molecular complexity index is 2290. The van der Waals surface area contributed by atoms with Crippen LogP contribution in [0, 0.1) is 0 Å². The lowest BCUT2D eigenvalue weighted by Gasteiger charge is -2.25. The van der Waals surface area contributed by atoms with Gasteiger partial charge in [0.1, 0.15) is 20.1 Å². The van der Waals surface area contributed by atoms with Gasteiger partial charge in [-0.1, -0.05) is 138 Å². The Labute approximate surface area is 263 Å². The van der Waals surface area contributed by atoms with Gasteiger partial charge in [0.05, 0.1) is 5.69 Å². The van der Waals surface area contributed by atoms with E-state index in [9.17, 15) is 0 Å². The van der Waals surface area contributed by atoms with Gasteiger partial charge in [-0.25, -0.2) is 0 Å². The molecule has 0 bridgehead atoms. The molecule has 1 unspecified atom stereocenters. The fraction of sp³-hybridized carbons (Fsp3) is 0.0238. The third-order valence-corrected chi connectivity index (χ3v) is 12.2. The highest BCUT2D eigenvalue weighted by atomic mass is 28.3. The van der Waals surface area contributed by atoms with E-state index >= 15 is 0 Å².